The molecule has 0 amide bonds. The highest BCUT2D eigenvalue weighted by Crippen LogP contribution is 2.14. The summed E-state index contributed by atoms with van der Waals surface area (Å²) in [4.78, 5) is 11.3. The third kappa shape index (κ3) is 8.43. The van der Waals surface area contributed by atoms with E-state index in [9.17, 15) is 4.79 Å². The van der Waals surface area contributed by atoms with Gasteiger partial charge >= 0.3 is 5.97 Å². The molecule has 3 nitrogen and oxygen atoms in total. The largest absolute Gasteiger partial charge is 0.460 e. The van der Waals surface area contributed by atoms with E-state index in [1.807, 2.05) is 34.6 Å². The Labute approximate surface area is 93.1 Å². The molecule has 0 N–H and O–H groups in total. The Morgan fingerprint density at radius 3 is 2.07 bits per heavy atom. The third-order valence-corrected chi connectivity index (χ3v) is 2.07. The topological polar surface area (TPSA) is 35.5 Å². The van der Waals surface area contributed by atoms with Crippen LogP contribution in [-0.4, -0.2) is 23.8 Å². The molecule has 0 aliphatic rings. The molecular weight excluding hydrogens is 192 g/mol. The van der Waals surface area contributed by atoms with E-state index in [2.05, 4.69) is 6.92 Å². The lowest BCUT2D eigenvalue weighted by molar-refractivity contribution is -0.157. The predicted molar refractivity (Wildman–Crippen MR) is 60.8 cm³/mol. The zero-order valence-electron chi connectivity index (χ0n) is 10.8. The average Bonchev–Trinajstić information content (AvgIpc) is 2.00. The molecule has 0 aromatic heterocycles. The lowest BCUT2D eigenvalue weighted by Crippen LogP contribution is -2.27. The first-order chi connectivity index (χ1) is 6.66. The van der Waals surface area contributed by atoms with E-state index in [1.165, 1.54) is 0 Å². The van der Waals surface area contributed by atoms with Gasteiger partial charge in [-0.1, -0.05) is 6.92 Å². The van der Waals surface area contributed by atoms with Crippen LogP contribution in [0.3, 0.4) is 0 Å². The van der Waals surface area contributed by atoms with E-state index in [0.29, 0.717) is 13.0 Å². The average molecular weight is 216 g/mol. The maximum Gasteiger partial charge on any atom is 0.308 e. The van der Waals surface area contributed by atoms with Crippen molar-refractivity contribution in [1.82, 2.24) is 0 Å². The van der Waals surface area contributed by atoms with Gasteiger partial charge in [-0.3, -0.25) is 4.79 Å². The second-order valence-electron chi connectivity index (χ2n) is 5.30. The molecule has 0 rings (SSSR count). The number of carbonyl (C=O) groups excluding carboxylic acids is 1. The fourth-order valence-electron chi connectivity index (χ4n) is 0.905. The van der Waals surface area contributed by atoms with Gasteiger partial charge < -0.3 is 9.47 Å². The molecular formula is C12H24O3. The molecule has 0 fully saturated rings. The molecule has 0 unspecified atom stereocenters. The van der Waals surface area contributed by atoms with Crippen molar-refractivity contribution in [3.8, 4) is 0 Å². The van der Waals surface area contributed by atoms with E-state index < -0.39 is 5.60 Å². The standard InChI is InChI=1S/C12H24O3/c1-7-12(5,6)14-9-8-10(13)15-11(2,3)4/h7-9H2,1-6H3. The normalized spacial score (nSPS) is 12.7. The third-order valence-electron chi connectivity index (χ3n) is 2.07. The summed E-state index contributed by atoms with van der Waals surface area (Å²) in [5.74, 6) is -0.200. The van der Waals surface area contributed by atoms with Crippen molar-refractivity contribution in [2.75, 3.05) is 6.61 Å². The van der Waals surface area contributed by atoms with Gasteiger partial charge in [-0.25, -0.2) is 0 Å². The van der Waals surface area contributed by atoms with Gasteiger partial charge in [0, 0.05) is 0 Å². The zero-order valence-corrected chi connectivity index (χ0v) is 10.8. The first kappa shape index (κ1) is 14.4. The van der Waals surface area contributed by atoms with Crippen LogP contribution in [0.5, 0.6) is 0 Å². The van der Waals surface area contributed by atoms with Crippen molar-refractivity contribution in [2.45, 2.75) is 65.6 Å². The number of hydrogen-bond donors (Lipinski definition) is 0. The van der Waals surface area contributed by atoms with Gasteiger partial charge in [-0.15, -0.1) is 0 Å². The highest BCUT2D eigenvalue weighted by Gasteiger charge is 2.18. The Balaban J connectivity index is 3.74. The van der Waals surface area contributed by atoms with E-state index >= 15 is 0 Å². The molecule has 0 atom stereocenters. The molecule has 15 heavy (non-hydrogen) atoms. The molecule has 0 spiro atoms. The summed E-state index contributed by atoms with van der Waals surface area (Å²) in [6.45, 7) is 12.1. The van der Waals surface area contributed by atoms with Crippen LogP contribution in [0.1, 0.15) is 54.4 Å². The summed E-state index contributed by atoms with van der Waals surface area (Å²) < 4.78 is 10.7. The minimum atomic E-state index is -0.405. The number of hydrogen-bond acceptors (Lipinski definition) is 3. The van der Waals surface area contributed by atoms with Crippen LogP contribution in [-0.2, 0) is 14.3 Å². The molecule has 0 heterocycles. The summed E-state index contributed by atoms with van der Waals surface area (Å²) in [6.07, 6.45) is 1.25. The van der Waals surface area contributed by atoms with E-state index in [1.54, 1.807) is 0 Å². The Morgan fingerprint density at radius 1 is 1.13 bits per heavy atom. The molecule has 0 aromatic rings. The smallest absolute Gasteiger partial charge is 0.308 e. The van der Waals surface area contributed by atoms with Gasteiger partial charge in [-0.05, 0) is 41.0 Å². The van der Waals surface area contributed by atoms with Gasteiger partial charge in [0.2, 0.25) is 0 Å². The van der Waals surface area contributed by atoms with Crippen LogP contribution in [0.25, 0.3) is 0 Å². The van der Waals surface area contributed by atoms with Crippen LogP contribution in [0.15, 0.2) is 0 Å². The van der Waals surface area contributed by atoms with Crippen LogP contribution in [0.4, 0.5) is 0 Å². The summed E-state index contributed by atoms with van der Waals surface area (Å²) in [6, 6.07) is 0. The zero-order chi connectivity index (χ0) is 12.1. The second kappa shape index (κ2) is 5.50. The van der Waals surface area contributed by atoms with Gasteiger partial charge in [-0.2, -0.15) is 0 Å². The van der Waals surface area contributed by atoms with Crippen molar-refractivity contribution in [2.24, 2.45) is 0 Å². The highest BCUT2D eigenvalue weighted by atomic mass is 16.6. The molecule has 0 saturated carbocycles. The predicted octanol–water partition coefficient (Wildman–Crippen LogP) is 2.92. The van der Waals surface area contributed by atoms with Crippen molar-refractivity contribution in [1.29, 1.82) is 0 Å². The first-order valence-corrected chi connectivity index (χ1v) is 5.52. The summed E-state index contributed by atoms with van der Waals surface area (Å²) in [5, 5.41) is 0. The molecule has 3 heteroatoms. The lowest BCUT2D eigenvalue weighted by atomic mass is 10.1. The molecule has 0 aliphatic carbocycles. The van der Waals surface area contributed by atoms with Crippen LogP contribution >= 0.6 is 0 Å². The maximum atomic E-state index is 11.3. The number of ether oxygens (including phenoxy) is 2. The van der Waals surface area contributed by atoms with Gasteiger partial charge in [0.25, 0.3) is 0 Å². The van der Waals surface area contributed by atoms with E-state index in [-0.39, 0.29) is 11.6 Å². The lowest BCUT2D eigenvalue weighted by Gasteiger charge is -2.24. The summed E-state index contributed by atoms with van der Waals surface area (Å²) in [7, 11) is 0. The number of carbonyl (C=O) groups is 1. The summed E-state index contributed by atoms with van der Waals surface area (Å²) in [5.41, 5.74) is -0.556. The van der Waals surface area contributed by atoms with Gasteiger partial charge in [0.05, 0.1) is 18.6 Å². The minimum Gasteiger partial charge on any atom is -0.460 e. The summed E-state index contributed by atoms with van der Waals surface area (Å²) >= 11 is 0. The van der Waals surface area contributed by atoms with Crippen molar-refractivity contribution in [3.63, 3.8) is 0 Å². The molecule has 0 aromatic carbocycles. The maximum absolute atomic E-state index is 11.3. The number of esters is 1. The molecule has 0 radical (unpaired) electrons. The van der Waals surface area contributed by atoms with Crippen molar-refractivity contribution in [3.05, 3.63) is 0 Å². The molecule has 0 aliphatic heterocycles. The molecule has 0 bridgehead atoms. The van der Waals surface area contributed by atoms with Gasteiger partial charge in [0.15, 0.2) is 0 Å². The fourth-order valence-corrected chi connectivity index (χ4v) is 0.905. The second-order valence-corrected chi connectivity index (χ2v) is 5.30. The first-order valence-electron chi connectivity index (χ1n) is 5.52. The quantitative estimate of drug-likeness (QED) is 0.663. The van der Waals surface area contributed by atoms with Crippen LogP contribution in [0.2, 0.25) is 0 Å². The Bertz CT molecular complexity index is 201. The Morgan fingerprint density at radius 2 is 1.67 bits per heavy atom. The van der Waals surface area contributed by atoms with E-state index in [0.717, 1.165) is 6.42 Å². The monoisotopic (exact) mass is 216 g/mol. The minimum absolute atomic E-state index is 0.151. The molecule has 90 valence electrons. The van der Waals surface area contributed by atoms with Crippen molar-refractivity contribution >= 4 is 5.97 Å². The SMILES string of the molecule is CCC(C)(C)OCCC(=O)OC(C)(C)C. The number of rotatable bonds is 5. The van der Waals surface area contributed by atoms with E-state index in [4.69, 9.17) is 9.47 Å². The van der Waals surface area contributed by atoms with Crippen molar-refractivity contribution < 1.29 is 14.3 Å². The molecule has 0 saturated heterocycles. The van der Waals surface area contributed by atoms with Gasteiger partial charge in [0.1, 0.15) is 5.60 Å². The highest BCUT2D eigenvalue weighted by molar-refractivity contribution is 5.69. The van der Waals surface area contributed by atoms with Crippen LogP contribution < -0.4 is 0 Å². The fraction of sp³-hybridized carbons (Fsp3) is 0.917. The Hall–Kier alpha value is -0.570. The van der Waals surface area contributed by atoms with Crippen LogP contribution in [0, 0.1) is 0 Å². The Kier molecular flexibility index (Phi) is 5.29.